The monoisotopic (exact) mass is 557 g/mol. The van der Waals surface area contributed by atoms with Crippen LogP contribution in [0, 0.1) is 23.5 Å². The molecule has 1 atom stereocenters. The Bertz CT molecular complexity index is 1180. The van der Waals surface area contributed by atoms with Gasteiger partial charge in [0.2, 0.25) is 5.91 Å². The fraction of sp³-hybridized carbons (Fsp3) is 0.531. The van der Waals surface area contributed by atoms with E-state index in [0.29, 0.717) is 30.1 Å². The van der Waals surface area contributed by atoms with E-state index in [1.807, 2.05) is 43.0 Å². The van der Waals surface area contributed by atoms with Crippen LogP contribution in [0.5, 0.6) is 0 Å². The molecule has 0 radical (unpaired) electrons. The van der Waals surface area contributed by atoms with E-state index in [-0.39, 0.29) is 45.4 Å². The normalized spacial score (nSPS) is 17.6. The molecule has 2 amide bonds. The van der Waals surface area contributed by atoms with Gasteiger partial charge in [0.1, 0.15) is 11.6 Å². The minimum atomic E-state index is -0.627. The number of carbonyl (C=O) groups is 3. The highest BCUT2D eigenvalue weighted by Crippen LogP contribution is 2.30. The van der Waals surface area contributed by atoms with Gasteiger partial charge >= 0.3 is 0 Å². The second-order valence-corrected chi connectivity index (χ2v) is 11.5. The zero-order chi connectivity index (χ0) is 28.6. The molecule has 2 aromatic rings. The average molecular weight is 558 g/mol. The molecule has 1 saturated carbocycles. The summed E-state index contributed by atoms with van der Waals surface area (Å²) in [6, 6.07) is 10.6. The minimum absolute atomic E-state index is 0. The van der Waals surface area contributed by atoms with E-state index in [9.17, 15) is 23.2 Å². The Morgan fingerprint density at radius 3 is 2.25 bits per heavy atom. The summed E-state index contributed by atoms with van der Waals surface area (Å²) in [7, 11) is 0. The largest absolute Gasteiger partial charge is 0.342 e. The maximum atomic E-state index is 13.8. The Hall–Kier alpha value is -3.13. The highest BCUT2D eigenvalue weighted by Gasteiger charge is 2.32. The third-order valence-corrected chi connectivity index (χ3v) is 8.38. The van der Waals surface area contributed by atoms with Gasteiger partial charge in [-0.05, 0) is 61.3 Å². The Morgan fingerprint density at radius 2 is 1.62 bits per heavy atom. The Morgan fingerprint density at radius 1 is 0.950 bits per heavy atom. The Labute approximate surface area is 238 Å². The van der Waals surface area contributed by atoms with Crippen molar-refractivity contribution in [3.05, 3.63) is 70.8 Å². The number of piperidine rings is 1. The molecule has 0 unspecified atom stereocenters. The quantitative estimate of drug-likeness (QED) is 0.384. The second-order valence-electron chi connectivity index (χ2n) is 11.5. The van der Waals surface area contributed by atoms with E-state index in [0.717, 1.165) is 50.2 Å². The summed E-state index contributed by atoms with van der Waals surface area (Å²) < 4.78 is 26.8. The number of nitrogens with zero attached hydrogens (tertiary/aromatic N) is 1. The van der Waals surface area contributed by atoms with Gasteiger partial charge in [0, 0.05) is 45.6 Å². The smallest absolute Gasteiger partial charge is 0.251 e. The number of hydrogen-bond acceptors (Lipinski definition) is 4. The summed E-state index contributed by atoms with van der Waals surface area (Å²) in [5, 5.41) is 6.01. The van der Waals surface area contributed by atoms with E-state index >= 15 is 0 Å². The first-order valence-electron chi connectivity index (χ1n) is 14.6. The van der Waals surface area contributed by atoms with Crippen molar-refractivity contribution in [1.29, 1.82) is 0 Å². The van der Waals surface area contributed by atoms with Crippen LogP contribution in [0.4, 0.5) is 8.78 Å². The first-order valence-corrected chi connectivity index (χ1v) is 14.6. The first kappa shape index (κ1) is 29.8. The van der Waals surface area contributed by atoms with Crippen LogP contribution in [0.3, 0.4) is 0 Å². The number of ketones is 1. The van der Waals surface area contributed by atoms with Crippen molar-refractivity contribution < 1.29 is 26.0 Å². The van der Waals surface area contributed by atoms with Gasteiger partial charge in [-0.25, -0.2) is 8.78 Å². The van der Waals surface area contributed by atoms with Crippen LogP contribution in [0.15, 0.2) is 42.5 Å². The predicted molar refractivity (Wildman–Crippen MR) is 155 cm³/mol. The molecular formula is C32H45F2N3O3. The summed E-state index contributed by atoms with van der Waals surface area (Å²) in [5.41, 5.74) is 2.01. The zero-order valence-corrected chi connectivity index (χ0v) is 23.6. The number of amides is 2. The number of benzene rings is 2. The van der Waals surface area contributed by atoms with Crippen LogP contribution >= 0.6 is 0 Å². The molecule has 8 heteroatoms. The molecule has 0 bridgehead atoms. The van der Waals surface area contributed by atoms with E-state index < -0.39 is 17.7 Å². The van der Waals surface area contributed by atoms with Crippen molar-refractivity contribution in [1.82, 2.24) is 15.5 Å². The van der Waals surface area contributed by atoms with Crippen molar-refractivity contribution in [2.24, 2.45) is 11.8 Å². The van der Waals surface area contributed by atoms with Crippen LogP contribution < -0.4 is 10.6 Å². The molecule has 2 N–H and O–H groups in total. The van der Waals surface area contributed by atoms with Gasteiger partial charge in [-0.1, -0.05) is 51.3 Å². The second kappa shape index (κ2) is 14.0. The van der Waals surface area contributed by atoms with Gasteiger partial charge in [-0.2, -0.15) is 0 Å². The zero-order valence-electron chi connectivity index (χ0n) is 23.6. The topological polar surface area (TPSA) is 78.5 Å². The Balaban J connectivity index is 0.00000308. The van der Waals surface area contributed by atoms with Gasteiger partial charge in [-0.3, -0.25) is 14.4 Å². The molecule has 6 nitrogen and oxygen atoms in total. The van der Waals surface area contributed by atoms with Crippen molar-refractivity contribution >= 4 is 17.6 Å². The fourth-order valence-corrected chi connectivity index (χ4v) is 5.92. The molecular weight excluding hydrogens is 512 g/mol. The molecule has 1 saturated heterocycles. The van der Waals surface area contributed by atoms with E-state index in [4.69, 9.17) is 0 Å². The van der Waals surface area contributed by atoms with Crippen molar-refractivity contribution in [2.45, 2.75) is 77.3 Å². The highest BCUT2D eigenvalue weighted by atomic mass is 19.1. The number of Topliss-reactive ketones (excluding diaryl/α,β-unsaturated/α-hetero) is 1. The van der Waals surface area contributed by atoms with Crippen LogP contribution in [0.1, 0.15) is 89.0 Å². The minimum Gasteiger partial charge on any atom is -0.342 e. The molecule has 2 aliphatic rings. The first-order chi connectivity index (χ1) is 19.2. The van der Waals surface area contributed by atoms with Crippen LogP contribution in [0.2, 0.25) is 0 Å². The average Bonchev–Trinajstić information content (AvgIpc) is 2.97. The van der Waals surface area contributed by atoms with Gasteiger partial charge < -0.3 is 15.5 Å². The molecule has 0 aromatic heterocycles. The summed E-state index contributed by atoms with van der Waals surface area (Å²) >= 11 is 0. The lowest BCUT2D eigenvalue weighted by atomic mass is 9.80. The summed E-state index contributed by atoms with van der Waals surface area (Å²) in [5.74, 6) is -1.02. The maximum Gasteiger partial charge on any atom is 0.251 e. The fourth-order valence-electron chi connectivity index (χ4n) is 5.92. The lowest BCUT2D eigenvalue weighted by molar-refractivity contribution is -0.131. The molecule has 2 aromatic carbocycles. The van der Waals surface area contributed by atoms with E-state index in [1.54, 1.807) is 0 Å². The summed E-state index contributed by atoms with van der Waals surface area (Å²) in [6.07, 6.45) is 6.99. The lowest BCUT2D eigenvalue weighted by Gasteiger charge is -2.32. The summed E-state index contributed by atoms with van der Waals surface area (Å²) in [6.45, 7) is 5.28. The standard InChI is InChI=1S/C32H41F2N3O3.2H2/c1-21(2)31(39)30(24-6-4-3-5-7-24)36-32(40)25-10-8-22(9-11-25)23-14-16-37(17-15-23)29(38)20-35-19-26-12-13-27(33)18-28(26)34;;/h8-13,18,21,23-24,30,35H,3-7,14-17,19-20H2,1-2H3,(H,36,40);2*1H/t30-;;/m1../s1. The van der Waals surface area contributed by atoms with Crippen LogP contribution in [0.25, 0.3) is 0 Å². The number of halogens is 2. The maximum absolute atomic E-state index is 13.8. The predicted octanol–water partition coefficient (Wildman–Crippen LogP) is 5.86. The lowest BCUT2D eigenvalue weighted by Crippen LogP contribution is -2.48. The van der Waals surface area contributed by atoms with Gasteiger partial charge in [-0.15, -0.1) is 0 Å². The number of rotatable bonds is 10. The number of nitrogens with one attached hydrogen (secondary N) is 2. The van der Waals surface area contributed by atoms with E-state index in [1.165, 1.54) is 18.6 Å². The molecule has 1 aliphatic heterocycles. The highest BCUT2D eigenvalue weighted by molar-refractivity contribution is 5.98. The number of hydrogen-bond donors (Lipinski definition) is 2. The third kappa shape index (κ3) is 7.74. The number of carbonyl (C=O) groups excluding carboxylic acids is 3. The van der Waals surface area contributed by atoms with Crippen molar-refractivity contribution in [2.75, 3.05) is 19.6 Å². The SMILES string of the molecule is CC(C)C(=O)[C@H](NC(=O)c1ccc(C2CCN(C(=O)CNCc3ccc(F)cc3F)CC2)cc1)C1CCCCC1.[HH].[HH]. The molecule has 40 heavy (non-hydrogen) atoms. The van der Waals surface area contributed by atoms with E-state index in [2.05, 4.69) is 10.6 Å². The van der Waals surface area contributed by atoms with Gasteiger partial charge in [0.15, 0.2) is 5.78 Å². The van der Waals surface area contributed by atoms with Gasteiger partial charge in [0.05, 0.1) is 12.6 Å². The molecule has 220 valence electrons. The van der Waals surface area contributed by atoms with Crippen LogP contribution in [-0.4, -0.2) is 48.2 Å². The number of likely N-dealkylation sites (tertiary alicyclic amines) is 1. The van der Waals surface area contributed by atoms with Crippen molar-refractivity contribution in [3.8, 4) is 0 Å². The molecule has 1 heterocycles. The molecule has 2 fully saturated rings. The Kier molecular flexibility index (Phi) is 10.4. The van der Waals surface area contributed by atoms with Gasteiger partial charge in [0.25, 0.3) is 5.91 Å². The third-order valence-electron chi connectivity index (χ3n) is 8.38. The summed E-state index contributed by atoms with van der Waals surface area (Å²) in [4.78, 5) is 40.4. The molecule has 1 aliphatic carbocycles. The molecule has 4 rings (SSSR count). The van der Waals surface area contributed by atoms with Crippen LogP contribution in [-0.2, 0) is 16.1 Å². The molecule has 0 spiro atoms. The van der Waals surface area contributed by atoms with Crippen molar-refractivity contribution in [3.63, 3.8) is 0 Å².